The lowest BCUT2D eigenvalue weighted by Gasteiger charge is -2.16. The quantitative estimate of drug-likeness (QED) is 0.798. The molecule has 8 heteroatoms. The van der Waals surface area contributed by atoms with Gasteiger partial charge in [-0.15, -0.1) is 11.3 Å². The average molecular weight is 356 g/mol. The summed E-state index contributed by atoms with van der Waals surface area (Å²) in [4.78, 5) is 11.8. The van der Waals surface area contributed by atoms with Crippen LogP contribution in [0.5, 0.6) is 0 Å². The SMILES string of the molecule is CC(C)CNC(=O)NCC(c1ccco1)S(=O)(=O)c1cccs1. The minimum atomic E-state index is -3.63. The molecule has 126 valence electrons. The van der Waals surface area contributed by atoms with E-state index in [1.54, 1.807) is 29.6 Å². The van der Waals surface area contributed by atoms with Crippen molar-refractivity contribution >= 4 is 27.2 Å². The molecule has 2 N–H and O–H groups in total. The molecule has 0 aliphatic rings. The second-order valence-electron chi connectivity index (χ2n) is 5.47. The summed E-state index contributed by atoms with van der Waals surface area (Å²) < 4.78 is 31.0. The van der Waals surface area contributed by atoms with Gasteiger partial charge in [-0.2, -0.15) is 0 Å². The minimum Gasteiger partial charge on any atom is -0.468 e. The summed E-state index contributed by atoms with van der Waals surface area (Å²) in [5.74, 6) is 0.624. The van der Waals surface area contributed by atoms with Gasteiger partial charge in [0.25, 0.3) is 0 Å². The summed E-state index contributed by atoms with van der Waals surface area (Å²) in [5.41, 5.74) is 0. The fraction of sp³-hybridized carbons (Fsp3) is 0.400. The van der Waals surface area contributed by atoms with Gasteiger partial charge in [-0.1, -0.05) is 19.9 Å². The summed E-state index contributed by atoms with van der Waals surface area (Å²) in [6.07, 6.45) is 1.42. The number of thiophene rings is 1. The Morgan fingerprint density at radius 3 is 2.52 bits per heavy atom. The fourth-order valence-corrected chi connectivity index (χ4v) is 4.74. The van der Waals surface area contributed by atoms with Crippen LogP contribution in [-0.2, 0) is 9.84 Å². The van der Waals surface area contributed by atoms with Crippen molar-refractivity contribution in [2.75, 3.05) is 13.1 Å². The lowest BCUT2D eigenvalue weighted by molar-refractivity contribution is 0.239. The normalized spacial score (nSPS) is 13.0. The number of urea groups is 1. The van der Waals surface area contributed by atoms with Crippen molar-refractivity contribution < 1.29 is 17.6 Å². The van der Waals surface area contributed by atoms with E-state index in [0.29, 0.717) is 18.2 Å². The van der Waals surface area contributed by atoms with Crippen molar-refractivity contribution in [1.29, 1.82) is 0 Å². The van der Waals surface area contributed by atoms with Crippen LogP contribution in [0.15, 0.2) is 44.5 Å². The van der Waals surface area contributed by atoms with E-state index in [2.05, 4.69) is 10.6 Å². The van der Waals surface area contributed by atoms with E-state index in [1.807, 2.05) is 13.8 Å². The number of sulfone groups is 1. The predicted molar refractivity (Wildman–Crippen MR) is 89.2 cm³/mol. The molecule has 1 atom stereocenters. The maximum Gasteiger partial charge on any atom is 0.314 e. The van der Waals surface area contributed by atoms with Crippen LogP contribution in [0.4, 0.5) is 4.79 Å². The molecule has 0 aliphatic carbocycles. The van der Waals surface area contributed by atoms with Crippen LogP contribution in [0, 0.1) is 5.92 Å². The highest BCUT2D eigenvalue weighted by molar-refractivity contribution is 7.93. The first-order valence-corrected chi connectivity index (χ1v) is 9.66. The van der Waals surface area contributed by atoms with E-state index in [9.17, 15) is 13.2 Å². The number of hydrogen-bond acceptors (Lipinski definition) is 5. The van der Waals surface area contributed by atoms with Gasteiger partial charge in [0, 0.05) is 13.1 Å². The number of carbonyl (C=O) groups is 1. The standard InChI is InChI=1S/C15H20N2O4S2/c1-11(2)9-16-15(18)17-10-13(12-5-3-7-21-12)23(19,20)14-6-4-8-22-14/h3-8,11,13H,9-10H2,1-2H3,(H2,16,17,18). The average Bonchev–Trinajstić information content (AvgIpc) is 3.18. The molecule has 0 spiro atoms. The van der Waals surface area contributed by atoms with Crippen LogP contribution in [-0.4, -0.2) is 27.5 Å². The van der Waals surface area contributed by atoms with Crippen LogP contribution in [0.25, 0.3) is 0 Å². The molecule has 0 aliphatic heterocycles. The van der Waals surface area contributed by atoms with Gasteiger partial charge in [0.2, 0.25) is 0 Å². The minimum absolute atomic E-state index is 0.0579. The Bertz CT molecular complexity index is 707. The zero-order chi connectivity index (χ0) is 16.9. The zero-order valence-electron chi connectivity index (χ0n) is 13.0. The van der Waals surface area contributed by atoms with Crippen LogP contribution < -0.4 is 10.6 Å². The Balaban J connectivity index is 2.12. The van der Waals surface area contributed by atoms with Crippen molar-refractivity contribution in [2.45, 2.75) is 23.3 Å². The van der Waals surface area contributed by atoms with Gasteiger partial charge in [0.05, 0.1) is 6.26 Å². The van der Waals surface area contributed by atoms with Crippen molar-refractivity contribution in [3.8, 4) is 0 Å². The molecule has 0 radical (unpaired) electrons. The summed E-state index contributed by atoms with van der Waals surface area (Å²) in [7, 11) is -3.63. The van der Waals surface area contributed by atoms with Crippen molar-refractivity contribution in [2.24, 2.45) is 5.92 Å². The third-order valence-corrected chi connectivity index (χ3v) is 6.62. The first kappa shape index (κ1) is 17.6. The number of carbonyl (C=O) groups excluding carboxylic acids is 1. The zero-order valence-corrected chi connectivity index (χ0v) is 14.6. The summed E-state index contributed by atoms with van der Waals surface area (Å²) in [5, 5.41) is 6.05. The second-order valence-corrected chi connectivity index (χ2v) is 8.77. The topological polar surface area (TPSA) is 88.4 Å². The van der Waals surface area contributed by atoms with Crippen molar-refractivity contribution in [3.05, 3.63) is 41.7 Å². The lowest BCUT2D eigenvalue weighted by Crippen LogP contribution is -2.40. The van der Waals surface area contributed by atoms with Gasteiger partial charge < -0.3 is 15.1 Å². The maximum atomic E-state index is 12.7. The van der Waals surface area contributed by atoms with Gasteiger partial charge in [-0.05, 0) is 29.5 Å². The Morgan fingerprint density at radius 1 is 1.22 bits per heavy atom. The number of nitrogens with one attached hydrogen (secondary N) is 2. The highest BCUT2D eigenvalue weighted by atomic mass is 32.2. The smallest absolute Gasteiger partial charge is 0.314 e. The molecule has 0 saturated heterocycles. The summed E-state index contributed by atoms with van der Waals surface area (Å²) in [6, 6.07) is 6.07. The Hall–Kier alpha value is -1.80. The predicted octanol–water partition coefficient (Wildman–Crippen LogP) is 2.81. The molecular weight excluding hydrogens is 336 g/mol. The summed E-state index contributed by atoms with van der Waals surface area (Å²) >= 11 is 1.15. The molecule has 1 unspecified atom stereocenters. The molecule has 0 fully saturated rings. The third kappa shape index (κ3) is 4.59. The Morgan fingerprint density at radius 2 is 1.96 bits per heavy atom. The van der Waals surface area contributed by atoms with Crippen LogP contribution in [0.3, 0.4) is 0 Å². The molecule has 2 aromatic heterocycles. The van der Waals surface area contributed by atoms with E-state index in [4.69, 9.17) is 4.42 Å². The van der Waals surface area contributed by atoms with Gasteiger partial charge in [0.1, 0.15) is 15.2 Å². The molecule has 2 amide bonds. The molecule has 2 aromatic rings. The van der Waals surface area contributed by atoms with E-state index >= 15 is 0 Å². The summed E-state index contributed by atoms with van der Waals surface area (Å²) in [6.45, 7) is 4.42. The molecule has 0 aromatic carbocycles. The highest BCUT2D eigenvalue weighted by Crippen LogP contribution is 2.31. The van der Waals surface area contributed by atoms with Crippen LogP contribution >= 0.6 is 11.3 Å². The number of amides is 2. The molecular formula is C15H20N2O4S2. The van der Waals surface area contributed by atoms with Gasteiger partial charge in [-0.25, -0.2) is 13.2 Å². The van der Waals surface area contributed by atoms with E-state index in [1.165, 1.54) is 6.26 Å². The van der Waals surface area contributed by atoms with Gasteiger partial charge in [-0.3, -0.25) is 0 Å². The third-order valence-electron chi connectivity index (χ3n) is 3.13. The second kappa shape index (κ2) is 7.65. The molecule has 6 nitrogen and oxygen atoms in total. The van der Waals surface area contributed by atoms with Crippen molar-refractivity contribution in [1.82, 2.24) is 10.6 Å². The molecule has 2 heterocycles. The van der Waals surface area contributed by atoms with Crippen LogP contribution in [0.1, 0.15) is 24.9 Å². The molecule has 2 rings (SSSR count). The maximum absolute atomic E-state index is 12.7. The number of rotatable bonds is 7. The first-order chi connectivity index (χ1) is 10.9. The van der Waals surface area contributed by atoms with E-state index < -0.39 is 21.1 Å². The van der Waals surface area contributed by atoms with E-state index in [-0.39, 0.29) is 10.8 Å². The number of hydrogen-bond donors (Lipinski definition) is 2. The van der Waals surface area contributed by atoms with E-state index in [0.717, 1.165) is 11.3 Å². The number of furan rings is 1. The molecule has 0 saturated carbocycles. The Kier molecular flexibility index (Phi) is 5.84. The monoisotopic (exact) mass is 356 g/mol. The fourth-order valence-electron chi connectivity index (χ4n) is 1.95. The van der Waals surface area contributed by atoms with Gasteiger partial charge in [0.15, 0.2) is 9.84 Å². The largest absolute Gasteiger partial charge is 0.468 e. The van der Waals surface area contributed by atoms with Gasteiger partial charge >= 0.3 is 6.03 Å². The lowest BCUT2D eigenvalue weighted by atomic mass is 10.2. The van der Waals surface area contributed by atoms with Crippen molar-refractivity contribution in [3.63, 3.8) is 0 Å². The molecule has 0 bridgehead atoms. The molecule has 23 heavy (non-hydrogen) atoms. The van der Waals surface area contributed by atoms with Crippen LogP contribution in [0.2, 0.25) is 0 Å². The highest BCUT2D eigenvalue weighted by Gasteiger charge is 2.32. The first-order valence-electron chi connectivity index (χ1n) is 7.23. The Labute approximate surface area is 139 Å².